The first-order valence-electron chi connectivity index (χ1n) is 4.19. The minimum absolute atomic E-state index is 0.108. The highest BCUT2D eigenvalue weighted by molar-refractivity contribution is 6.34. The third-order valence-corrected chi connectivity index (χ3v) is 2.20. The second kappa shape index (κ2) is 3.42. The van der Waals surface area contributed by atoms with Gasteiger partial charge in [-0.3, -0.25) is 4.79 Å². The van der Waals surface area contributed by atoms with Crippen LogP contribution in [-0.4, -0.2) is 10.9 Å². The highest BCUT2D eigenvalue weighted by atomic mass is 35.5. The quantitative estimate of drug-likeness (QED) is 0.764. The molecule has 0 saturated carbocycles. The van der Waals surface area contributed by atoms with Gasteiger partial charge < -0.3 is 4.52 Å². The lowest BCUT2D eigenvalue weighted by atomic mass is 10.1. The Morgan fingerprint density at radius 2 is 2.36 bits per heavy atom. The van der Waals surface area contributed by atoms with Crippen LogP contribution in [-0.2, 0) is 11.2 Å². The van der Waals surface area contributed by atoms with Gasteiger partial charge in [-0.2, -0.15) is 0 Å². The molecule has 4 heteroatoms. The van der Waals surface area contributed by atoms with Crippen LogP contribution in [0.15, 0.2) is 22.9 Å². The van der Waals surface area contributed by atoms with E-state index in [1.807, 2.05) is 6.07 Å². The fourth-order valence-corrected chi connectivity index (χ4v) is 1.67. The van der Waals surface area contributed by atoms with Gasteiger partial charge in [0.05, 0.1) is 11.2 Å². The summed E-state index contributed by atoms with van der Waals surface area (Å²) < 4.78 is 4.94. The van der Waals surface area contributed by atoms with Crippen molar-refractivity contribution in [3.63, 3.8) is 0 Å². The Labute approximate surface area is 85.6 Å². The number of halogens is 1. The van der Waals surface area contributed by atoms with Crippen molar-refractivity contribution in [2.45, 2.75) is 13.3 Å². The number of fused-ring (bicyclic) bond motifs is 1. The number of aromatic nitrogens is 1. The standard InChI is InChI=1S/C10H8ClNO2/c1-6(13)2-7-3-8-5-12-14-10(8)9(11)4-7/h3-5H,2H2,1H3. The zero-order chi connectivity index (χ0) is 10.1. The zero-order valence-corrected chi connectivity index (χ0v) is 8.34. The van der Waals surface area contributed by atoms with Gasteiger partial charge in [0.1, 0.15) is 5.78 Å². The van der Waals surface area contributed by atoms with Crippen molar-refractivity contribution in [3.8, 4) is 0 Å². The molecule has 0 unspecified atom stereocenters. The highest BCUT2D eigenvalue weighted by Crippen LogP contribution is 2.25. The Morgan fingerprint density at radius 3 is 3.07 bits per heavy atom. The van der Waals surface area contributed by atoms with Crippen LogP contribution in [0, 0.1) is 0 Å². The molecule has 0 spiro atoms. The summed E-state index contributed by atoms with van der Waals surface area (Å²) in [7, 11) is 0. The summed E-state index contributed by atoms with van der Waals surface area (Å²) in [5.74, 6) is 0.108. The maximum absolute atomic E-state index is 10.9. The van der Waals surface area contributed by atoms with Crippen LogP contribution in [0.3, 0.4) is 0 Å². The molecule has 0 bridgehead atoms. The van der Waals surface area contributed by atoms with E-state index in [1.54, 1.807) is 19.2 Å². The van der Waals surface area contributed by atoms with Gasteiger partial charge in [0.2, 0.25) is 0 Å². The maximum Gasteiger partial charge on any atom is 0.185 e. The van der Waals surface area contributed by atoms with Gasteiger partial charge in [-0.15, -0.1) is 0 Å². The molecule has 0 N–H and O–H groups in total. The number of hydrogen-bond acceptors (Lipinski definition) is 3. The molecule has 0 amide bonds. The summed E-state index contributed by atoms with van der Waals surface area (Å²) in [6.45, 7) is 1.55. The number of Topliss-reactive ketones (excluding diaryl/α,β-unsaturated/α-hetero) is 1. The van der Waals surface area contributed by atoms with Gasteiger partial charge in [-0.1, -0.05) is 16.8 Å². The van der Waals surface area contributed by atoms with Gasteiger partial charge >= 0.3 is 0 Å². The topological polar surface area (TPSA) is 43.1 Å². The van der Waals surface area contributed by atoms with E-state index in [4.69, 9.17) is 16.1 Å². The predicted octanol–water partition coefficient (Wildman–Crippen LogP) is 2.61. The van der Waals surface area contributed by atoms with E-state index >= 15 is 0 Å². The molecule has 2 aromatic rings. The minimum Gasteiger partial charge on any atom is -0.355 e. The van der Waals surface area contributed by atoms with E-state index < -0.39 is 0 Å². The normalized spacial score (nSPS) is 10.7. The molecule has 3 nitrogen and oxygen atoms in total. The average Bonchev–Trinajstić information content (AvgIpc) is 2.50. The molecule has 0 aliphatic carbocycles. The van der Waals surface area contributed by atoms with Crippen LogP contribution in [0.1, 0.15) is 12.5 Å². The average molecular weight is 210 g/mol. The lowest BCUT2D eigenvalue weighted by Gasteiger charge is -1.98. The van der Waals surface area contributed by atoms with Crippen molar-refractivity contribution >= 4 is 28.4 Å². The molecule has 2 rings (SSSR count). The van der Waals surface area contributed by atoms with E-state index in [2.05, 4.69) is 5.16 Å². The second-order valence-electron chi connectivity index (χ2n) is 3.20. The van der Waals surface area contributed by atoms with Crippen molar-refractivity contribution in [2.24, 2.45) is 0 Å². The summed E-state index contributed by atoms with van der Waals surface area (Å²) in [5, 5.41) is 4.96. The van der Waals surface area contributed by atoms with Crippen molar-refractivity contribution in [1.29, 1.82) is 0 Å². The number of hydrogen-bond donors (Lipinski definition) is 0. The maximum atomic E-state index is 10.9. The van der Waals surface area contributed by atoms with Crippen molar-refractivity contribution in [3.05, 3.63) is 28.9 Å². The smallest absolute Gasteiger partial charge is 0.185 e. The van der Waals surface area contributed by atoms with Gasteiger partial charge in [0, 0.05) is 11.8 Å². The second-order valence-corrected chi connectivity index (χ2v) is 3.61. The largest absolute Gasteiger partial charge is 0.355 e. The molecule has 0 atom stereocenters. The molecular formula is C10H8ClNO2. The summed E-state index contributed by atoms with van der Waals surface area (Å²) in [4.78, 5) is 10.9. The van der Waals surface area contributed by atoms with Crippen LogP contribution in [0.2, 0.25) is 5.02 Å². The molecule has 0 fully saturated rings. The molecular weight excluding hydrogens is 202 g/mol. The van der Waals surface area contributed by atoms with Crippen LogP contribution in [0.25, 0.3) is 11.0 Å². The van der Waals surface area contributed by atoms with Crippen LogP contribution >= 0.6 is 11.6 Å². The Balaban J connectivity index is 2.53. The number of carbonyl (C=O) groups excluding carboxylic acids is 1. The molecule has 14 heavy (non-hydrogen) atoms. The summed E-state index contributed by atoms with van der Waals surface area (Å²) >= 11 is 5.94. The third-order valence-electron chi connectivity index (χ3n) is 1.92. The van der Waals surface area contributed by atoms with Gasteiger partial charge in [0.25, 0.3) is 0 Å². The molecule has 1 heterocycles. The molecule has 0 aliphatic rings. The molecule has 0 aliphatic heterocycles. The first kappa shape index (κ1) is 9.21. The first-order valence-corrected chi connectivity index (χ1v) is 4.57. The first-order chi connectivity index (χ1) is 6.66. The molecule has 0 radical (unpaired) electrons. The van der Waals surface area contributed by atoms with Gasteiger partial charge in [0.15, 0.2) is 5.58 Å². The van der Waals surface area contributed by atoms with Crippen LogP contribution in [0.4, 0.5) is 0 Å². The Kier molecular flexibility index (Phi) is 2.25. The summed E-state index contributed by atoms with van der Waals surface area (Å²) in [5.41, 5.74) is 1.46. The van der Waals surface area contributed by atoms with Crippen LogP contribution < -0.4 is 0 Å². The van der Waals surface area contributed by atoms with Gasteiger partial charge in [-0.05, 0) is 24.6 Å². The van der Waals surface area contributed by atoms with E-state index in [0.717, 1.165) is 10.9 Å². The van der Waals surface area contributed by atoms with E-state index in [9.17, 15) is 4.79 Å². The number of carbonyl (C=O) groups is 1. The number of ketones is 1. The van der Waals surface area contributed by atoms with Crippen molar-refractivity contribution < 1.29 is 9.32 Å². The van der Waals surface area contributed by atoms with Crippen molar-refractivity contribution in [1.82, 2.24) is 5.16 Å². The Morgan fingerprint density at radius 1 is 1.57 bits per heavy atom. The molecule has 72 valence electrons. The fraction of sp³-hybridized carbons (Fsp3) is 0.200. The zero-order valence-electron chi connectivity index (χ0n) is 7.58. The van der Waals surface area contributed by atoms with E-state index in [1.165, 1.54) is 0 Å². The summed E-state index contributed by atoms with van der Waals surface area (Å²) in [6, 6.07) is 3.59. The van der Waals surface area contributed by atoms with Gasteiger partial charge in [-0.25, -0.2) is 0 Å². The minimum atomic E-state index is 0.108. The van der Waals surface area contributed by atoms with Crippen LogP contribution in [0.5, 0.6) is 0 Å². The SMILES string of the molecule is CC(=O)Cc1cc(Cl)c2oncc2c1. The monoisotopic (exact) mass is 209 g/mol. The number of benzene rings is 1. The van der Waals surface area contributed by atoms with E-state index in [0.29, 0.717) is 17.0 Å². The molecule has 1 aromatic heterocycles. The fourth-order valence-electron chi connectivity index (χ4n) is 1.39. The van der Waals surface area contributed by atoms with E-state index in [-0.39, 0.29) is 5.78 Å². The Bertz CT molecular complexity index is 490. The lowest BCUT2D eigenvalue weighted by molar-refractivity contribution is -0.116. The number of nitrogens with zero attached hydrogens (tertiary/aromatic N) is 1. The molecule has 0 saturated heterocycles. The summed E-state index contributed by atoms with van der Waals surface area (Å²) in [6.07, 6.45) is 1.98. The number of rotatable bonds is 2. The predicted molar refractivity (Wildman–Crippen MR) is 53.4 cm³/mol. The third kappa shape index (κ3) is 1.63. The lowest BCUT2D eigenvalue weighted by Crippen LogP contribution is -1.95. The molecule has 1 aromatic carbocycles. The Hall–Kier alpha value is -1.35. The van der Waals surface area contributed by atoms with Crippen molar-refractivity contribution in [2.75, 3.05) is 0 Å². The highest BCUT2D eigenvalue weighted by Gasteiger charge is 2.07.